The molecular weight excluding hydrogens is 297 g/mol. The number of methoxy groups -OCH3 is 1. The third-order valence-electron chi connectivity index (χ3n) is 2.64. The zero-order chi connectivity index (χ0) is 14.8. The zero-order valence-corrected chi connectivity index (χ0v) is 11.3. The summed E-state index contributed by atoms with van der Waals surface area (Å²) in [5.41, 5.74) is 0.481. The lowest BCUT2D eigenvalue weighted by Gasteiger charge is -2.24. The van der Waals surface area contributed by atoms with E-state index in [1.54, 1.807) is 0 Å². The smallest absolute Gasteiger partial charge is 0.429 e. The standard InChI is InChI=1S/C13H12ClF3O3/c1-18-4-5-19-11-7-10-8(6-9(11)14)2-3-12(20-10)13(15,16)17/h2-3,6-7,12H,4-5H2,1H3. The van der Waals surface area contributed by atoms with Gasteiger partial charge in [-0.1, -0.05) is 17.7 Å². The van der Waals surface area contributed by atoms with Gasteiger partial charge in [0.2, 0.25) is 6.10 Å². The molecular formula is C13H12ClF3O3. The van der Waals surface area contributed by atoms with Crippen LogP contribution in [-0.2, 0) is 4.74 Å². The molecule has 0 aliphatic carbocycles. The minimum atomic E-state index is -4.45. The van der Waals surface area contributed by atoms with E-state index in [0.29, 0.717) is 17.2 Å². The van der Waals surface area contributed by atoms with Gasteiger partial charge in [0.25, 0.3) is 0 Å². The highest BCUT2D eigenvalue weighted by atomic mass is 35.5. The van der Waals surface area contributed by atoms with Gasteiger partial charge < -0.3 is 14.2 Å². The third kappa shape index (κ3) is 3.37. The summed E-state index contributed by atoms with van der Waals surface area (Å²) in [5, 5.41) is 0.304. The quantitative estimate of drug-likeness (QED) is 0.794. The van der Waals surface area contributed by atoms with Crippen LogP contribution in [0.4, 0.5) is 13.2 Å². The van der Waals surface area contributed by atoms with Gasteiger partial charge in [0, 0.05) is 18.7 Å². The summed E-state index contributed by atoms with van der Waals surface area (Å²) in [6, 6.07) is 2.86. The highest BCUT2D eigenvalue weighted by Gasteiger charge is 2.41. The van der Waals surface area contributed by atoms with Crippen LogP contribution in [0.25, 0.3) is 6.08 Å². The van der Waals surface area contributed by atoms with Crippen molar-refractivity contribution in [3.8, 4) is 11.5 Å². The van der Waals surface area contributed by atoms with Gasteiger partial charge in [-0.25, -0.2) is 0 Å². The molecule has 0 amide bonds. The summed E-state index contributed by atoms with van der Waals surface area (Å²) in [5.74, 6) is 0.352. The van der Waals surface area contributed by atoms with Gasteiger partial charge in [-0.15, -0.1) is 0 Å². The van der Waals surface area contributed by atoms with Crippen molar-refractivity contribution < 1.29 is 27.4 Å². The lowest BCUT2D eigenvalue weighted by Crippen LogP contribution is -2.33. The van der Waals surface area contributed by atoms with Gasteiger partial charge in [-0.05, 0) is 12.1 Å². The van der Waals surface area contributed by atoms with E-state index in [-0.39, 0.29) is 18.1 Å². The van der Waals surface area contributed by atoms with Crippen molar-refractivity contribution in [2.75, 3.05) is 20.3 Å². The molecule has 0 radical (unpaired) electrons. The van der Waals surface area contributed by atoms with Crippen molar-refractivity contribution in [2.24, 2.45) is 0 Å². The van der Waals surface area contributed by atoms with Crippen LogP contribution in [0.15, 0.2) is 18.2 Å². The highest BCUT2D eigenvalue weighted by molar-refractivity contribution is 6.32. The number of fused-ring (bicyclic) bond motifs is 1. The minimum Gasteiger partial charge on any atom is -0.489 e. The van der Waals surface area contributed by atoms with Gasteiger partial charge in [0.05, 0.1) is 11.6 Å². The molecule has 0 aromatic heterocycles. The number of rotatable bonds is 4. The molecule has 0 fully saturated rings. The van der Waals surface area contributed by atoms with Crippen LogP contribution >= 0.6 is 11.6 Å². The lowest BCUT2D eigenvalue weighted by atomic mass is 10.1. The van der Waals surface area contributed by atoms with Crippen LogP contribution in [0, 0.1) is 0 Å². The van der Waals surface area contributed by atoms with Crippen LogP contribution in [0.3, 0.4) is 0 Å². The predicted molar refractivity (Wildman–Crippen MR) is 68.3 cm³/mol. The maximum Gasteiger partial charge on any atom is 0.429 e. The van der Waals surface area contributed by atoms with E-state index in [1.165, 1.54) is 25.3 Å². The molecule has 110 valence electrons. The second kappa shape index (κ2) is 5.93. The molecule has 0 N–H and O–H groups in total. The van der Waals surface area contributed by atoms with E-state index >= 15 is 0 Å². The fourth-order valence-electron chi connectivity index (χ4n) is 1.67. The SMILES string of the molecule is COCCOc1cc2c(cc1Cl)C=CC(C(F)(F)F)O2. The van der Waals surface area contributed by atoms with Crippen molar-refractivity contribution in [3.05, 3.63) is 28.8 Å². The molecule has 1 aliphatic heterocycles. The van der Waals surface area contributed by atoms with Crippen molar-refractivity contribution >= 4 is 17.7 Å². The summed E-state index contributed by atoms with van der Waals surface area (Å²) in [6.07, 6.45) is -4.13. The molecule has 20 heavy (non-hydrogen) atoms. The molecule has 0 saturated carbocycles. The van der Waals surface area contributed by atoms with E-state index < -0.39 is 12.3 Å². The average Bonchev–Trinajstić information content (AvgIpc) is 2.38. The molecule has 1 aliphatic rings. The first-order valence-electron chi connectivity index (χ1n) is 5.78. The number of alkyl halides is 3. The molecule has 1 atom stereocenters. The zero-order valence-electron chi connectivity index (χ0n) is 10.5. The van der Waals surface area contributed by atoms with Crippen LogP contribution in [-0.4, -0.2) is 32.6 Å². The van der Waals surface area contributed by atoms with E-state index in [2.05, 4.69) is 0 Å². The molecule has 3 nitrogen and oxygen atoms in total. The van der Waals surface area contributed by atoms with Crippen molar-refractivity contribution in [1.29, 1.82) is 0 Å². The first-order valence-corrected chi connectivity index (χ1v) is 6.16. The Kier molecular flexibility index (Phi) is 4.45. The topological polar surface area (TPSA) is 27.7 Å². The van der Waals surface area contributed by atoms with E-state index in [0.717, 1.165) is 6.08 Å². The highest BCUT2D eigenvalue weighted by Crippen LogP contribution is 2.38. The van der Waals surface area contributed by atoms with E-state index in [1.807, 2.05) is 0 Å². The molecule has 0 spiro atoms. The van der Waals surface area contributed by atoms with Gasteiger partial charge >= 0.3 is 6.18 Å². The third-order valence-corrected chi connectivity index (χ3v) is 2.93. The average molecular weight is 309 g/mol. The molecule has 1 unspecified atom stereocenters. The largest absolute Gasteiger partial charge is 0.489 e. The maximum atomic E-state index is 12.6. The number of hydrogen-bond donors (Lipinski definition) is 0. The Labute approximate surface area is 118 Å². The normalized spacial score (nSPS) is 17.6. The number of benzene rings is 1. The van der Waals surface area contributed by atoms with Crippen LogP contribution in [0.2, 0.25) is 5.02 Å². The van der Waals surface area contributed by atoms with E-state index in [4.69, 9.17) is 25.8 Å². The number of ether oxygens (including phenoxy) is 3. The Morgan fingerprint density at radius 1 is 1.30 bits per heavy atom. The fourth-order valence-corrected chi connectivity index (χ4v) is 1.90. The Balaban J connectivity index is 2.20. The van der Waals surface area contributed by atoms with E-state index in [9.17, 15) is 13.2 Å². The summed E-state index contributed by atoms with van der Waals surface area (Å²) < 4.78 is 52.9. The Morgan fingerprint density at radius 3 is 2.70 bits per heavy atom. The molecule has 0 saturated heterocycles. The Bertz CT molecular complexity index is 514. The van der Waals surface area contributed by atoms with Crippen LogP contribution in [0.5, 0.6) is 11.5 Å². The van der Waals surface area contributed by atoms with Gasteiger partial charge in [-0.2, -0.15) is 13.2 Å². The summed E-state index contributed by atoms with van der Waals surface area (Å²) in [4.78, 5) is 0. The second-order valence-electron chi connectivity index (χ2n) is 4.10. The second-order valence-corrected chi connectivity index (χ2v) is 4.51. The Hall–Kier alpha value is -1.40. The predicted octanol–water partition coefficient (Wildman–Crippen LogP) is 3.70. The summed E-state index contributed by atoms with van der Waals surface area (Å²) in [6.45, 7) is 0.590. The number of halogens is 4. The van der Waals surface area contributed by atoms with Crippen molar-refractivity contribution in [2.45, 2.75) is 12.3 Å². The van der Waals surface area contributed by atoms with Crippen LogP contribution in [0.1, 0.15) is 5.56 Å². The lowest BCUT2D eigenvalue weighted by molar-refractivity contribution is -0.180. The molecule has 7 heteroatoms. The monoisotopic (exact) mass is 308 g/mol. The van der Waals surface area contributed by atoms with Crippen molar-refractivity contribution in [3.63, 3.8) is 0 Å². The Morgan fingerprint density at radius 2 is 2.05 bits per heavy atom. The fraction of sp³-hybridized carbons (Fsp3) is 0.385. The summed E-state index contributed by atoms with van der Waals surface area (Å²) >= 11 is 5.99. The molecule has 2 rings (SSSR count). The minimum absolute atomic E-state index is 0.0895. The van der Waals surface area contributed by atoms with Gasteiger partial charge in [0.1, 0.15) is 18.1 Å². The van der Waals surface area contributed by atoms with Gasteiger partial charge in [-0.3, -0.25) is 0 Å². The summed E-state index contributed by atoms with van der Waals surface area (Å²) in [7, 11) is 1.51. The molecule has 0 bridgehead atoms. The first-order chi connectivity index (χ1) is 9.41. The van der Waals surface area contributed by atoms with Crippen LogP contribution < -0.4 is 9.47 Å². The molecule has 1 aromatic rings. The van der Waals surface area contributed by atoms with Crippen molar-refractivity contribution in [1.82, 2.24) is 0 Å². The molecule has 1 heterocycles. The molecule has 1 aromatic carbocycles. The number of hydrogen-bond acceptors (Lipinski definition) is 3. The maximum absolute atomic E-state index is 12.6. The van der Waals surface area contributed by atoms with Gasteiger partial charge in [0.15, 0.2) is 0 Å². The first kappa shape index (κ1) is 15.0.